The first-order chi connectivity index (χ1) is 15.7. The lowest BCUT2D eigenvalue weighted by molar-refractivity contribution is -0.137. The van der Waals surface area contributed by atoms with Crippen LogP contribution in [0.4, 0.5) is 18.9 Å². The smallest absolute Gasteiger partial charge is 0.416 e. The molecule has 2 amide bonds. The Kier molecular flexibility index (Phi) is 6.22. The molecule has 2 N–H and O–H groups in total. The van der Waals surface area contributed by atoms with Crippen molar-refractivity contribution in [3.63, 3.8) is 0 Å². The van der Waals surface area contributed by atoms with Crippen LogP contribution in [-0.2, 0) is 15.8 Å². The van der Waals surface area contributed by atoms with E-state index in [1.807, 2.05) is 24.3 Å². The summed E-state index contributed by atoms with van der Waals surface area (Å²) in [5.41, 5.74) is 3.12. The summed E-state index contributed by atoms with van der Waals surface area (Å²) in [5, 5.41) is 4.01. The lowest BCUT2D eigenvalue weighted by Crippen LogP contribution is -2.49. The molecule has 2 aliphatic rings. The third-order valence-electron chi connectivity index (χ3n) is 5.47. The highest BCUT2D eigenvalue weighted by Crippen LogP contribution is 2.34. The summed E-state index contributed by atoms with van der Waals surface area (Å²) in [7, 11) is 1.58. The van der Waals surface area contributed by atoms with Crippen LogP contribution in [0.15, 0.2) is 54.9 Å². The van der Waals surface area contributed by atoms with Gasteiger partial charge < -0.3 is 20.0 Å². The van der Waals surface area contributed by atoms with Crippen LogP contribution in [-0.4, -0.2) is 41.4 Å². The number of ether oxygens (including phenoxy) is 1. The zero-order valence-electron chi connectivity index (χ0n) is 17.4. The molecular formula is C22H20ClF3N4O3. The standard InChI is InChI=1S/C22H20ClF3N4O3/c1-33-15-5-2-13(3-6-15)17-11-19-21(32)29(8-9-30(19)28-17)12-20(31)27-18-10-14(22(24,25)26)4-7-16(18)23/h2-10,17,19,28H,11-12H2,1H3,(H,27,31). The van der Waals surface area contributed by atoms with E-state index in [1.54, 1.807) is 18.3 Å². The molecule has 0 saturated carbocycles. The number of anilines is 1. The lowest BCUT2D eigenvalue weighted by Gasteiger charge is -2.31. The summed E-state index contributed by atoms with van der Waals surface area (Å²) >= 11 is 5.93. The van der Waals surface area contributed by atoms with Gasteiger partial charge in [-0.2, -0.15) is 13.2 Å². The molecule has 0 radical (unpaired) electrons. The van der Waals surface area contributed by atoms with Gasteiger partial charge in [-0.05, 0) is 42.3 Å². The second kappa shape index (κ2) is 8.95. The second-order valence-corrected chi connectivity index (χ2v) is 8.03. The van der Waals surface area contributed by atoms with Gasteiger partial charge in [-0.25, -0.2) is 5.43 Å². The first-order valence-electron chi connectivity index (χ1n) is 9.99. The predicted molar refractivity (Wildman–Crippen MR) is 115 cm³/mol. The van der Waals surface area contributed by atoms with Crippen LogP contribution in [0.25, 0.3) is 0 Å². The molecule has 2 unspecified atom stereocenters. The molecule has 0 aromatic heterocycles. The monoisotopic (exact) mass is 480 g/mol. The van der Waals surface area contributed by atoms with Crippen LogP contribution in [0.3, 0.4) is 0 Å². The fraction of sp³-hybridized carbons (Fsp3) is 0.273. The van der Waals surface area contributed by atoms with Gasteiger partial charge >= 0.3 is 6.18 Å². The van der Waals surface area contributed by atoms with Crippen molar-refractivity contribution in [3.05, 3.63) is 71.0 Å². The van der Waals surface area contributed by atoms with Gasteiger partial charge in [0.1, 0.15) is 18.3 Å². The molecule has 2 aromatic rings. The number of amides is 2. The Labute approximate surface area is 192 Å². The lowest BCUT2D eigenvalue weighted by atomic mass is 10.0. The van der Waals surface area contributed by atoms with Gasteiger partial charge in [-0.1, -0.05) is 23.7 Å². The van der Waals surface area contributed by atoms with E-state index in [4.69, 9.17) is 16.3 Å². The van der Waals surface area contributed by atoms with E-state index in [-0.39, 0.29) is 29.2 Å². The van der Waals surface area contributed by atoms with Gasteiger partial charge in [0.05, 0.1) is 29.4 Å². The number of hydrogen-bond acceptors (Lipinski definition) is 5. The normalized spacial score (nSPS) is 20.1. The quantitative estimate of drug-likeness (QED) is 0.678. The van der Waals surface area contributed by atoms with Gasteiger partial charge in [-0.3, -0.25) is 9.59 Å². The number of rotatable bonds is 5. The number of carbonyl (C=O) groups is 2. The van der Waals surface area contributed by atoms with Crippen LogP contribution in [0.5, 0.6) is 5.75 Å². The van der Waals surface area contributed by atoms with Crippen molar-refractivity contribution in [2.45, 2.75) is 24.7 Å². The van der Waals surface area contributed by atoms with E-state index < -0.39 is 23.7 Å². The molecule has 2 atom stereocenters. The number of alkyl halides is 3. The fourth-order valence-corrected chi connectivity index (χ4v) is 3.93. The number of methoxy groups -OCH3 is 1. The van der Waals surface area contributed by atoms with Gasteiger partial charge in [0.15, 0.2) is 0 Å². The molecule has 174 valence electrons. The predicted octanol–water partition coefficient (Wildman–Crippen LogP) is 3.94. The van der Waals surface area contributed by atoms with Crippen LogP contribution >= 0.6 is 11.6 Å². The van der Waals surface area contributed by atoms with Crippen LogP contribution in [0.2, 0.25) is 5.02 Å². The maximum Gasteiger partial charge on any atom is 0.416 e. The molecule has 2 aromatic carbocycles. The molecule has 0 spiro atoms. The second-order valence-electron chi connectivity index (χ2n) is 7.62. The SMILES string of the molecule is COc1ccc(C2CC3C(=O)N(CC(=O)Nc4cc(C(F)(F)F)ccc4Cl)C=CN3N2)cc1. The molecular weight excluding hydrogens is 461 g/mol. The van der Waals surface area contributed by atoms with Gasteiger partial charge in [0, 0.05) is 12.4 Å². The third-order valence-corrected chi connectivity index (χ3v) is 5.80. The van der Waals surface area contributed by atoms with E-state index in [9.17, 15) is 22.8 Å². The molecule has 1 fully saturated rings. The van der Waals surface area contributed by atoms with E-state index >= 15 is 0 Å². The summed E-state index contributed by atoms with van der Waals surface area (Å²) in [6.45, 7) is -0.362. The maximum absolute atomic E-state index is 12.9. The van der Waals surface area contributed by atoms with Crippen molar-refractivity contribution in [3.8, 4) is 5.75 Å². The number of nitrogens with one attached hydrogen (secondary N) is 2. The van der Waals surface area contributed by atoms with E-state index in [0.29, 0.717) is 6.42 Å². The average molecular weight is 481 g/mol. The Morgan fingerprint density at radius 1 is 1.21 bits per heavy atom. The molecule has 1 saturated heterocycles. The van der Waals surface area contributed by atoms with Gasteiger partial charge in [-0.15, -0.1) is 0 Å². The van der Waals surface area contributed by atoms with E-state index in [0.717, 1.165) is 29.5 Å². The zero-order chi connectivity index (χ0) is 23.8. The minimum Gasteiger partial charge on any atom is -0.497 e. The minimum atomic E-state index is -4.57. The van der Waals surface area contributed by atoms with Crippen molar-refractivity contribution in [2.24, 2.45) is 0 Å². The van der Waals surface area contributed by atoms with Crippen molar-refractivity contribution >= 4 is 29.1 Å². The molecule has 2 heterocycles. The Balaban J connectivity index is 1.40. The van der Waals surface area contributed by atoms with Crippen molar-refractivity contribution in [2.75, 3.05) is 19.0 Å². The van der Waals surface area contributed by atoms with Crippen LogP contribution in [0, 0.1) is 0 Å². The number of hydrogen-bond donors (Lipinski definition) is 2. The van der Waals surface area contributed by atoms with Crippen LogP contribution < -0.4 is 15.5 Å². The van der Waals surface area contributed by atoms with Gasteiger partial charge in [0.25, 0.3) is 5.91 Å². The largest absolute Gasteiger partial charge is 0.497 e. The number of carbonyl (C=O) groups excluding carboxylic acids is 2. The maximum atomic E-state index is 12.9. The van der Waals surface area contributed by atoms with Crippen LogP contribution in [0.1, 0.15) is 23.6 Å². The summed E-state index contributed by atoms with van der Waals surface area (Å²) in [6, 6.07) is 9.52. The first kappa shape index (κ1) is 22.9. The molecule has 7 nitrogen and oxygen atoms in total. The number of benzene rings is 2. The average Bonchev–Trinajstić information content (AvgIpc) is 3.22. The zero-order valence-corrected chi connectivity index (χ0v) is 18.2. The summed E-state index contributed by atoms with van der Waals surface area (Å²) in [5.74, 6) is -0.241. The fourth-order valence-electron chi connectivity index (χ4n) is 3.76. The Bertz CT molecular complexity index is 1090. The Morgan fingerprint density at radius 2 is 1.94 bits per heavy atom. The number of fused-ring (bicyclic) bond motifs is 1. The summed E-state index contributed by atoms with van der Waals surface area (Å²) in [6.07, 6.45) is -0.988. The highest BCUT2D eigenvalue weighted by molar-refractivity contribution is 6.33. The third kappa shape index (κ3) is 4.91. The number of hydrazine groups is 1. The Morgan fingerprint density at radius 3 is 2.61 bits per heavy atom. The molecule has 0 bridgehead atoms. The van der Waals surface area contributed by atoms with Crippen molar-refractivity contribution in [1.29, 1.82) is 0 Å². The van der Waals surface area contributed by atoms with Crippen molar-refractivity contribution < 1.29 is 27.5 Å². The number of halogens is 4. The molecule has 4 rings (SSSR count). The Hall–Kier alpha value is -3.24. The minimum absolute atomic E-state index is 0.0367. The molecule has 33 heavy (non-hydrogen) atoms. The van der Waals surface area contributed by atoms with Gasteiger partial charge in [0.2, 0.25) is 5.91 Å². The van der Waals surface area contributed by atoms with E-state index in [1.165, 1.54) is 11.1 Å². The highest BCUT2D eigenvalue weighted by atomic mass is 35.5. The molecule has 11 heteroatoms. The van der Waals surface area contributed by atoms with E-state index in [2.05, 4.69) is 10.7 Å². The highest BCUT2D eigenvalue weighted by Gasteiger charge is 2.40. The first-order valence-corrected chi connectivity index (χ1v) is 10.4. The number of nitrogens with zero attached hydrogens (tertiary/aromatic N) is 2. The molecule has 0 aliphatic carbocycles. The summed E-state index contributed by atoms with van der Waals surface area (Å²) < 4.78 is 44.0. The van der Waals surface area contributed by atoms with Crippen molar-refractivity contribution in [1.82, 2.24) is 15.3 Å². The summed E-state index contributed by atoms with van der Waals surface area (Å²) in [4.78, 5) is 26.6. The molecule has 2 aliphatic heterocycles. The topological polar surface area (TPSA) is 73.9 Å².